The van der Waals surface area contributed by atoms with Gasteiger partial charge in [0.15, 0.2) is 0 Å². The van der Waals surface area contributed by atoms with Crippen LogP contribution in [0.15, 0.2) is 24.3 Å². The van der Waals surface area contributed by atoms with E-state index in [1.54, 1.807) is 0 Å². The van der Waals surface area contributed by atoms with Crippen LogP contribution in [0.5, 0.6) is 0 Å². The SMILES string of the molecule is C/C=C/C(C)(C)C/C=C/C(C)C. The number of rotatable bonds is 4. The Morgan fingerprint density at radius 2 is 1.83 bits per heavy atom. The normalized spacial score (nSPS) is 13.8. The minimum absolute atomic E-state index is 0.320. The zero-order valence-corrected chi connectivity index (χ0v) is 9.09. The molecule has 0 heterocycles. The van der Waals surface area contributed by atoms with Crippen LogP contribution in [0.3, 0.4) is 0 Å². The van der Waals surface area contributed by atoms with E-state index in [0.717, 1.165) is 6.42 Å². The molecular weight excluding hydrogens is 144 g/mol. The molecule has 0 N–H and O–H groups in total. The molecule has 0 atom stereocenters. The molecule has 0 aliphatic heterocycles. The summed E-state index contributed by atoms with van der Waals surface area (Å²) in [5.74, 6) is 0.673. The first-order valence-electron chi connectivity index (χ1n) is 4.78. The predicted molar refractivity (Wildman–Crippen MR) is 57.2 cm³/mol. The van der Waals surface area contributed by atoms with Gasteiger partial charge in [-0.3, -0.25) is 0 Å². The van der Waals surface area contributed by atoms with Crippen LogP contribution in [0.25, 0.3) is 0 Å². The standard InChI is InChI=1S/C12H22/c1-6-9-12(4,5)10-7-8-11(2)3/h6-9,11H,10H2,1-5H3/b8-7+,9-6+. The summed E-state index contributed by atoms with van der Waals surface area (Å²) in [7, 11) is 0. The first kappa shape index (κ1) is 11.5. The highest BCUT2D eigenvalue weighted by Gasteiger charge is 2.09. The Morgan fingerprint density at radius 1 is 1.25 bits per heavy atom. The number of allylic oxidation sites excluding steroid dienone is 4. The molecule has 0 amide bonds. The summed E-state index contributed by atoms with van der Waals surface area (Å²) in [4.78, 5) is 0. The maximum absolute atomic E-state index is 2.28. The van der Waals surface area contributed by atoms with Crippen LogP contribution in [-0.4, -0.2) is 0 Å². The molecular formula is C12H22. The molecule has 0 fully saturated rings. The largest absolute Gasteiger partial charge is 0.0911 e. The molecule has 0 aliphatic carbocycles. The molecule has 0 nitrogen and oxygen atoms in total. The molecule has 0 heteroatoms. The van der Waals surface area contributed by atoms with Crippen molar-refractivity contribution < 1.29 is 0 Å². The van der Waals surface area contributed by atoms with Crippen LogP contribution in [0.2, 0.25) is 0 Å². The first-order chi connectivity index (χ1) is 5.48. The molecule has 70 valence electrons. The van der Waals surface area contributed by atoms with Gasteiger partial charge in [0.2, 0.25) is 0 Å². The minimum Gasteiger partial charge on any atom is -0.0911 e. The van der Waals surface area contributed by atoms with Crippen LogP contribution in [0.4, 0.5) is 0 Å². The van der Waals surface area contributed by atoms with Crippen molar-refractivity contribution in [3.05, 3.63) is 24.3 Å². The van der Waals surface area contributed by atoms with E-state index in [4.69, 9.17) is 0 Å². The second-order valence-corrected chi connectivity index (χ2v) is 4.36. The lowest BCUT2D eigenvalue weighted by molar-refractivity contribution is 0.487. The molecule has 0 bridgehead atoms. The molecule has 0 radical (unpaired) electrons. The van der Waals surface area contributed by atoms with Gasteiger partial charge in [0.25, 0.3) is 0 Å². The molecule has 0 saturated carbocycles. The highest BCUT2D eigenvalue weighted by Crippen LogP contribution is 2.22. The molecule has 0 saturated heterocycles. The minimum atomic E-state index is 0.320. The fourth-order valence-corrected chi connectivity index (χ4v) is 1.16. The molecule has 0 aromatic heterocycles. The fourth-order valence-electron chi connectivity index (χ4n) is 1.16. The van der Waals surface area contributed by atoms with Crippen molar-refractivity contribution in [2.24, 2.45) is 11.3 Å². The average molecular weight is 166 g/mol. The van der Waals surface area contributed by atoms with E-state index in [9.17, 15) is 0 Å². The van der Waals surface area contributed by atoms with E-state index in [-0.39, 0.29) is 0 Å². The Hall–Kier alpha value is -0.520. The van der Waals surface area contributed by atoms with Crippen molar-refractivity contribution in [1.29, 1.82) is 0 Å². The third kappa shape index (κ3) is 6.21. The maximum atomic E-state index is 2.28. The highest BCUT2D eigenvalue weighted by molar-refractivity contribution is 4.98. The van der Waals surface area contributed by atoms with E-state index < -0.39 is 0 Å². The summed E-state index contributed by atoms with van der Waals surface area (Å²) < 4.78 is 0. The summed E-state index contributed by atoms with van der Waals surface area (Å²) in [6, 6.07) is 0. The van der Waals surface area contributed by atoms with Gasteiger partial charge in [-0.25, -0.2) is 0 Å². The topological polar surface area (TPSA) is 0 Å². The summed E-state index contributed by atoms with van der Waals surface area (Å²) >= 11 is 0. The Balaban J connectivity index is 3.91. The molecule has 0 aromatic carbocycles. The van der Waals surface area contributed by atoms with E-state index >= 15 is 0 Å². The Kier molecular flexibility index (Phi) is 4.96. The van der Waals surface area contributed by atoms with Crippen molar-refractivity contribution in [3.8, 4) is 0 Å². The average Bonchev–Trinajstić information content (AvgIpc) is 1.85. The van der Waals surface area contributed by atoms with Crippen molar-refractivity contribution in [3.63, 3.8) is 0 Å². The Bertz CT molecular complexity index is 159. The summed E-state index contributed by atoms with van der Waals surface area (Å²) in [5.41, 5.74) is 0.320. The van der Waals surface area contributed by atoms with Crippen molar-refractivity contribution in [1.82, 2.24) is 0 Å². The van der Waals surface area contributed by atoms with Crippen LogP contribution in [0.1, 0.15) is 41.0 Å². The maximum Gasteiger partial charge on any atom is -0.0140 e. The number of hydrogen-bond donors (Lipinski definition) is 0. The smallest absolute Gasteiger partial charge is 0.0140 e. The lowest BCUT2D eigenvalue weighted by Gasteiger charge is -2.17. The molecule has 0 unspecified atom stereocenters. The van der Waals surface area contributed by atoms with Gasteiger partial charge < -0.3 is 0 Å². The van der Waals surface area contributed by atoms with Crippen LogP contribution >= 0.6 is 0 Å². The fraction of sp³-hybridized carbons (Fsp3) is 0.667. The van der Waals surface area contributed by atoms with Gasteiger partial charge in [-0.1, -0.05) is 52.0 Å². The second-order valence-electron chi connectivity index (χ2n) is 4.36. The lowest BCUT2D eigenvalue weighted by atomic mass is 9.88. The van der Waals surface area contributed by atoms with E-state index in [0.29, 0.717) is 11.3 Å². The van der Waals surface area contributed by atoms with E-state index in [1.807, 2.05) is 0 Å². The summed E-state index contributed by atoms with van der Waals surface area (Å²) in [6.07, 6.45) is 10.1. The van der Waals surface area contributed by atoms with Crippen molar-refractivity contribution in [2.45, 2.75) is 41.0 Å². The van der Waals surface area contributed by atoms with Gasteiger partial charge in [0.05, 0.1) is 0 Å². The van der Waals surface area contributed by atoms with Gasteiger partial charge >= 0.3 is 0 Å². The van der Waals surface area contributed by atoms with Gasteiger partial charge in [-0.15, -0.1) is 0 Å². The molecule has 0 aromatic rings. The van der Waals surface area contributed by atoms with E-state index in [2.05, 4.69) is 58.9 Å². The monoisotopic (exact) mass is 166 g/mol. The van der Waals surface area contributed by atoms with Crippen LogP contribution < -0.4 is 0 Å². The van der Waals surface area contributed by atoms with Gasteiger partial charge in [-0.05, 0) is 24.7 Å². The summed E-state index contributed by atoms with van der Waals surface area (Å²) in [6.45, 7) is 11.0. The van der Waals surface area contributed by atoms with Crippen molar-refractivity contribution in [2.75, 3.05) is 0 Å². The Labute approximate surface area is 77.4 Å². The lowest BCUT2D eigenvalue weighted by Crippen LogP contribution is -2.04. The zero-order chi connectivity index (χ0) is 9.61. The van der Waals surface area contributed by atoms with E-state index in [1.165, 1.54) is 0 Å². The van der Waals surface area contributed by atoms with Crippen molar-refractivity contribution >= 4 is 0 Å². The van der Waals surface area contributed by atoms with Crippen LogP contribution in [0, 0.1) is 11.3 Å². The highest BCUT2D eigenvalue weighted by atomic mass is 14.1. The predicted octanol–water partition coefficient (Wildman–Crippen LogP) is 4.19. The quantitative estimate of drug-likeness (QED) is 0.549. The molecule has 0 spiro atoms. The first-order valence-corrected chi connectivity index (χ1v) is 4.78. The second kappa shape index (κ2) is 5.18. The zero-order valence-electron chi connectivity index (χ0n) is 9.09. The number of hydrogen-bond acceptors (Lipinski definition) is 0. The van der Waals surface area contributed by atoms with Gasteiger partial charge in [0.1, 0.15) is 0 Å². The molecule has 0 rings (SSSR count). The third-order valence-corrected chi connectivity index (χ3v) is 1.78. The Morgan fingerprint density at radius 3 is 2.25 bits per heavy atom. The third-order valence-electron chi connectivity index (χ3n) is 1.78. The van der Waals surface area contributed by atoms with Gasteiger partial charge in [-0.2, -0.15) is 0 Å². The molecule has 0 aliphatic rings. The molecule has 12 heavy (non-hydrogen) atoms. The summed E-state index contributed by atoms with van der Waals surface area (Å²) in [5, 5.41) is 0. The van der Waals surface area contributed by atoms with Crippen LogP contribution in [-0.2, 0) is 0 Å². The van der Waals surface area contributed by atoms with Gasteiger partial charge in [0, 0.05) is 0 Å².